The summed E-state index contributed by atoms with van der Waals surface area (Å²) >= 11 is 17.5. The van der Waals surface area contributed by atoms with Crippen molar-refractivity contribution in [3.8, 4) is 34.6 Å². The molecule has 11 aliphatic rings. The van der Waals surface area contributed by atoms with Crippen LogP contribution in [0.4, 0.5) is 51.2 Å². The summed E-state index contributed by atoms with van der Waals surface area (Å²) in [6, 6.07) is 30.4. The molecular weight excluding hydrogens is 1860 g/mol. The van der Waals surface area contributed by atoms with Crippen LogP contribution in [0.15, 0.2) is 140 Å². The first-order valence-corrected chi connectivity index (χ1v) is 46.6. The minimum absolute atomic E-state index is 0.0811. The van der Waals surface area contributed by atoms with Gasteiger partial charge in [0.15, 0.2) is 10.3 Å². The van der Waals surface area contributed by atoms with E-state index in [0.717, 1.165) is 113 Å². The number of aryl methyl sites for hydroxylation is 6. The summed E-state index contributed by atoms with van der Waals surface area (Å²) in [5, 5.41) is 20.1. The predicted octanol–water partition coefficient (Wildman–Crippen LogP) is 5.38. The van der Waals surface area contributed by atoms with Crippen molar-refractivity contribution in [3.05, 3.63) is 190 Å². The average molecular weight is 1970 g/mol. The van der Waals surface area contributed by atoms with Crippen molar-refractivity contribution in [1.29, 1.82) is 0 Å². The Labute approximate surface area is 817 Å². The van der Waals surface area contributed by atoms with Crippen LogP contribution in [0.25, 0.3) is 0 Å². The van der Waals surface area contributed by atoms with Crippen molar-refractivity contribution in [3.63, 3.8) is 0 Å². The highest BCUT2D eigenvalue weighted by atomic mass is 35.5. The number of likely N-dealkylation sites (tertiary alicyclic amines) is 1. The van der Waals surface area contributed by atoms with Crippen molar-refractivity contribution >= 4 is 139 Å². The van der Waals surface area contributed by atoms with Crippen molar-refractivity contribution in [2.24, 2.45) is 51.6 Å². The number of fused-ring (bicyclic) bond motifs is 9. The van der Waals surface area contributed by atoms with E-state index in [1.165, 1.54) is 49.8 Å². The summed E-state index contributed by atoms with van der Waals surface area (Å²) in [6.45, 7) is 10.6. The number of nitrogens with two attached hydrogens (primary N) is 9. The molecule has 0 radical (unpaired) electrons. The number of hydrogen-bond acceptors (Lipinski definition) is 33. The lowest BCUT2D eigenvalue weighted by Crippen LogP contribution is -2.45. The number of carbonyl (C=O) groups is 9. The van der Waals surface area contributed by atoms with Gasteiger partial charge in [0.05, 0.1) is 82.3 Å². The largest absolute Gasteiger partial charge is 0.492 e. The number of rotatable bonds is 8. The number of nitrogens with zero attached hydrogens (tertiary/aromatic N) is 10. The minimum Gasteiger partial charge on any atom is -0.492 e. The van der Waals surface area contributed by atoms with Gasteiger partial charge in [-0.1, -0.05) is 71.2 Å². The number of likely N-dealkylation sites (N-methyl/N-ethyl adjacent to an activating group) is 2. The molecule has 25 N–H and O–H groups in total. The van der Waals surface area contributed by atoms with Crippen LogP contribution in [-0.4, -0.2) is 233 Å². The number of aromatic nitrogens is 7. The molecule has 9 amide bonds. The minimum atomic E-state index is -0.638. The first-order chi connectivity index (χ1) is 66.8. The number of ether oxygens (including phenoxy) is 7. The van der Waals surface area contributed by atoms with Gasteiger partial charge < -0.3 is 132 Å². The molecule has 740 valence electrons. The number of pyridine rings is 1. The van der Waals surface area contributed by atoms with Crippen LogP contribution in [0.2, 0.25) is 15.3 Å². The summed E-state index contributed by atoms with van der Waals surface area (Å²) in [5.41, 5.74) is 62.3. The second kappa shape index (κ2) is 51.0. The van der Waals surface area contributed by atoms with Gasteiger partial charge in [-0.2, -0.15) is 0 Å². The molecule has 42 nitrogen and oxygen atoms in total. The fraction of sp³-hybridized carbons (Fsp3) is 0.404. The monoisotopic (exact) mass is 1970 g/mol. The van der Waals surface area contributed by atoms with E-state index in [4.69, 9.17) is 120 Å². The lowest BCUT2D eigenvalue weighted by molar-refractivity contribution is -0.120. The van der Waals surface area contributed by atoms with E-state index >= 15 is 0 Å². The number of benzene rings is 5. The maximum Gasteiger partial charge on any atom is 0.247 e. The number of hydrogen-bond donors (Lipinski definition) is 16. The van der Waals surface area contributed by atoms with Crippen LogP contribution in [-0.2, 0) is 80.0 Å². The van der Waals surface area contributed by atoms with Crippen LogP contribution in [0, 0.1) is 6.92 Å². The molecule has 5 aromatic carbocycles. The number of amides is 9. The standard InChI is InChI=1S/C16H23N3O2.C15H20N2O3.C11H14N2O2.C9H11ClN4O.C9H9ClN2O2.C9H11N3O2.C9H10N2O2.C8H9ClN4O.C8H10N4O/c17-14-6-4-12-3-5-13(11-15(12)18-16(14)20)21-10-9-19-7-1-2-8-19;16-13-6-4-10-3-5-11(8-14(10)17-15(13)18)20-9-12-2-1-7-19-12;1-2-13-9-5-3-4-6-10(9)15-7-8(12)11(13)14;1-14-7-6(12-4-13-8(7)10)3-2-5(11)9(14)15;10-5-1-2-8-7(3-5)12-9(13)6(11)4-14-8;1-5-2-3-7-9(11-5)14-4-6(10)8(13)12-7;10-6-5-13-8-4-2-1-3-7(8)11-9(6)12;9-7-6-5(11-3-12-7)2-1-4(10)8(14)13-6;9-5-1-2-6-7(12-8(5)13)3-10-4-11-6/h3,5,11,14H,1-2,4,6-10,17H2,(H,18,20);3,5,8,12-13H,1-2,4,6-7,9,16H2,(H,17,18);3-6,8H,2,7,12H2,1H3;4-5H,2-3,11H2,1H3;1-3,6H,4,11H2,(H,12,13);2-3,6H,4,10H2,1H3,(H,12,13);1-4,6H,5,10H2,(H,11,12);3-4H,1-2,10H2,(H,13,14);3-5H,1-2,9H2,(H,12,13)/t14-;12?,13-;8-;5-;3*6-;4-;5-/m000000000/s1. The Bertz CT molecular complexity index is 5740. The summed E-state index contributed by atoms with van der Waals surface area (Å²) in [7, 11) is 1.64. The first kappa shape index (κ1) is 105. The SMILES string of the molecule is CCN1C(=O)[C@@H](N)COc2ccccc21.CN1C(=O)[C@@H](N)CCc2ncnc(Cl)c21.Cc1ccc2c(n1)OC[C@H](N)C(=O)N2.N[C@H]1CCc2ccc(OCC3CCCO3)cc2NC1=O.N[C@H]1CCc2ccc(OCCN3CCCC3)cc2NC1=O.N[C@H]1CCc2ncnc(Cl)c2NC1=O.N[C@H]1CCc2ncncc2NC1=O.N[C@H]1COc2ccc(Cl)cc2NC1=O.N[C@H]1COc2ccccc2NC1=O. The molecule has 139 heavy (non-hydrogen) atoms. The third kappa shape index (κ3) is 29.8. The first-order valence-electron chi connectivity index (χ1n) is 45.5. The van der Waals surface area contributed by atoms with Crippen molar-refractivity contribution in [1.82, 2.24) is 39.8 Å². The van der Waals surface area contributed by atoms with Gasteiger partial charge in [0.2, 0.25) is 59.0 Å². The third-order valence-electron chi connectivity index (χ3n) is 23.2. The lowest BCUT2D eigenvalue weighted by atomic mass is 10.1. The van der Waals surface area contributed by atoms with E-state index in [-0.39, 0.29) is 90.8 Å². The number of carbonyl (C=O) groups excluding carboxylic acids is 9. The molecule has 2 fully saturated rings. The normalized spacial score (nSPS) is 21.8. The smallest absolute Gasteiger partial charge is 0.247 e. The third-order valence-corrected chi connectivity index (χ3v) is 24.0. The summed E-state index contributed by atoms with van der Waals surface area (Å²) < 4.78 is 38.5. The molecule has 4 aromatic heterocycles. The van der Waals surface area contributed by atoms with Crippen molar-refractivity contribution < 1.29 is 76.3 Å². The Balaban J connectivity index is 0.000000141. The molecule has 0 saturated carbocycles. The van der Waals surface area contributed by atoms with Gasteiger partial charge in [0, 0.05) is 61.0 Å². The molecule has 0 bridgehead atoms. The number of para-hydroxylation sites is 4. The molecule has 9 aromatic rings. The molecule has 15 heterocycles. The second-order valence-electron chi connectivity index (χ2n) is 33.5. The van der Waals surface area contributed by atoms with Gasteiger partial charge in [0.1, 0.15) is 129 Å². The van der Waals surface area contributed by atoms with Gasteiger partial charge in [-0.15, -0.1) is 0 Å². The maximum atomic E-state index is 11.9. The van der Waals surface area contributed by atoms with Gasteiger partial charge in [0.25, 0.3) is 0 Å². The highest BCUT2D eigenvalue weighted by Crippen LogP contribution is 2.36. The fourth-order valence-corrected chi connectivity index (χ4v) is 15.8. The van der Waals surface area contributed by atoms with Gasteiger partial charge in [-0.25, -0.2) is 34.9 Å². The highest BCUT2D eigenvalue weighted by Gasteiger charge is 2.33. The van der Waals surface area contributed by atoms with E-state index in [1.807, 2.05) is 86.6 Å². The van der Waals surface area contributed by atoms with Crippen molar-refractivity contribution in [2.45, 2.75) is 164 Å². The zero-order valence-electron chi connectivity index (χ0n) is 77.1. The summed E-state index contributed by atoms with van der Waals surface area (Å²) in [5.74, 6) is 2.43. The molecule has 11 aliphatic heterocycles. The number of anilines is 9. The Morgan fingerprint density at radius 3 is 1.58 bits per heavy atom. The summed E-state index contributed by atoms with van der Waals surface area (Å²) in [4.78, 5) is 137. The van der Waals surface area contributed by atoms with Crippen LogP contribution < -0.4 is 127 Å². The second-order valence-corrected chi connectivity index (χ2v) is 34.7. The number of halogens is 3. The summed E-state index contributed by atoms with van der Waals surface area (Å²) in [6.07, 6.45) is 17.6. The van der Waals surface area contributed by atoms with E-state index in [2.05, 4.69) is 77.0 Å². The molecule has 1 unspecified atom stereocenters. The van der Waals surface area contributed by atoms with E-state index in [1.54, 1.807) is 60.6 Å². The zero-order chi connectivity index (χ0) is 99.3. The number of nitrogens with one attached hydrogen (secondary N) is 7. The Kier molecular flexibility index (Phi) is 38.5. The van der Waals surface area contributed by atoms with E-state index in [0.29, 0.717) is 126 Å². The molecule has 2 saturated heterocycles. The van der Waals surface area contributed by atoms with Crippen LogP contribution in [0.1, 0.15) is 98.6 Å². The Morgan fingerprint density at radius 1 is 0.439 bits per heavy atom. The highest BCUT2D eigenvalue weighted by molar-refractivity contribution is 6.33. The molecular formula is C94H117Cl3N26O16. The predicted molar refractivity (Wildman–Crippen MR) is 525 cm³/mol. The maximum absolute atomic E-state index is 11.9. The van der Waals surface area contributed by atoms with Gasteiger partial charge >= 0.3 is 0 Å². The van der Waals surface area contributed by atoms with Gasteiger partial charge in [-0.05, 0) is 195 Å². The van der Waals surface area contributed by atoms with E-state index in [9.17, 15) is 43.2 Å². The van der Waals surface area contributed by atoms with Crippen LogP contribution >= 0.6 is 34.8 Å². The van der Waals surface area contributed by atoms with E-state index < -0.39 is 54.4 Å². The molecule has 0 spiro atoms. The topological polar surface area (TPSA) is 637 Å². The molecule has 0 aliphatic carbocycles. The van der Waals surface area contributed by atoms with Crippen molar-refractivity contribution in [2.75, 3.05) is 126 Å². The Morgan fingerprint density at radius 2 is 0.942 bits per heavy atom. The Hall–Kier alpha value is -13.1. The van der Waals surface area contributed by atoms with Crippen LogP contribution in [0.3, 0.4) is 0 Å². The molecule has 45 heteroatoms. The lowest BCUT2D eigenvalue weighted by Gasteiger charge is -2.20. The molecule has 10 atom stereocenters. The zero-order valence-corrected chi connectivity index (χ0v) is 79.3. The molecule has 20 rings (SSSR count). The average Bonchev–Trinajstić information content (AvgIpc) is 1.70. The van der Waals surface area contributed by atoms with Gasteiger partial charge in [-0.3, -0.25) is 48.1 Å². The van der Waals surface area contributed by atoms with Crippen LogP contribution in [0.5, 0.6) is 34.6 Å². The fourth-order valence-electron chi connectivity index (χ4n) is 15.2. The quantitative estimate of drug-likeness (QED) is 0.0849.